The first kappa shape index (κ1) is 11.8. The van der Waals surface area contributed by atoms with E-state index in [1.807, 2.05) is 22.6 Å². The Morgan fingerprint density at radius 3 is 2.71 bits per heavy atom. The van der Waals surface area contributed by atoms with Crippen LogP contribution in [0.3, 0.4) is 0 Å². The maximum atomic E-state index is 12.4. The molecule has 6 heteroatoms. The molecule has 0 amide bonds. The molecule has 0 unspecified atom stereocenters. The summed E-state index contributed by atoms with van der Waals surface area (Å²) in [6, 6.07) is 3.15. The minimum atomic E-state index is -2.71. The standard InChI is InChI=1S/C8H4BrF2IN2/c9-2-4-1-5(3-13)6(7(10)11)14-8(4)12/h1,7H,2H2. The maximum Gasteiger partial charge on any atom is 0.281 e. The van der Waals surface area contributed by atoms with Crippen LogP contribution in [0.1, 0.15) is 23.2 Å². The van der Waals surface area contributed by atoms with E-state index in [1.54, 1.807) is 6.07 Å². The zero-order valence-corrected chi connectivity index (χ0v) is 10.5. The summed E-state index contributed by atoms with van der Waals surface area (Å²) in [7, 11) is 0. The third-order valence-corrected chi connectivity index (χ3v) is 3.09. The summed E-state index contributed by atoms with van der Waals surface area (Å²) in [4.78, 5) is 3.70. The Morgan fingerprint density at radius 2 is 2.29 bits per heavy atom. The molecular formula is C8H4BrF2IN2. The summed E-state index contributed by atoms with van der Waals surface area (Å²) in [6.07, 6.45) is -2.71. The van der Waals surface area contributed by atoms with Gasteiger partial charge < -0.3 is 0 Å². The van der Waals surface area contributed by atoms with Gasteiger partial charge in [0.15, 0.2) is 0 Å². The molecule has 14 heavy (non-hydrogen) atoms. The van der Waals surface area contributed by atoms with Gasteiger partial charge in [0.25, 0.3) is 6.43 Å². The van der Waals surface area contributed by atoms with E-state index in [0.717, 1.165) is 5.56 Å². The largest absolute Gasteiger partial charge is 0.281 e. The lowest BCUT2D eigenvalue weighted by Crippen LogP contribution is -2.00. The normalized spacial score (nSPS) is 10.3. The van der Waals surface area contributed by atoms with Gasteiger partial charge >= 0.3 is 0 Å². The molecule has 0 aliphatic carbocycles. The van der Waals surface area contributed by atoms with E-state index in [0.29, 0.717) is 9.03 Å². The Morgan fingerprint density at radius 1 is 1.64 bits per heavy atom. The van der Waals surface area contributed by atoms with E-state index in [-0.39, 0.29) is 5.56 Å². The van der Waals surface area contributed by atoms with Crippen molar-refractivity contribution in [3.63, 3.8) is 0 Å². The molecule has 0 aromatic carbocycles. The zero-order valence-electron chi connectivity index (χ0n) is 6.77. The average Bonchev–Trinajstić information content (AvgIpc) is 2.17. The number of nitrogens with zero attached hydrogens (tertiary/aromatic N) is 2. The first-order valence-corrected chi connectivity index (χ1v) is 5.73. The van der Waals surface area contributed by atoms with Gasteiger partial charge in [-0.3, -0.25) is 0 Å². The van der Waals surface area contributed by atoms with E-state index in [2.05, 4.69) is 20.9 Å². The summed E-state index contributed by atoms with van der Waals surface area (Å²) in [6.45, 7) is 0. The van der Waals surface area contributed by atoms with E-state index in [1.165, 1.54) is 6.07 Å². The monoisotopic (exact) mass is 372 g/mol. The summed E-state index contributed by atoms with van der Waals surface area (Å²) in [5.74, 6) is 0. The third-order valence-electron chi connectivity index (χ3n) is 1.55. The van der Waals surface area contributed by atoms with Crippen LogP contribution in [0.4, 0.5) is 8.78 Å². The van der Waals surface area contributed by atoms with Gasteiger partial charge in [-0.25, -0.2) is 13.8 Å². The predicted octanol–water partition coefficient (Wildman–Crippen LogP) is 3.39. The number of rotatable bonds is 2. The molecule has 0 atom stereocenters. The van der Waals surface area contributed by atoms with Crippen LogP contribution in [0.5, 0.6) is 0 Å². The van der Waals surface area contributed by atoms with Crippen molar-refractivity contribution in [1.82, 2.24) is 4.98 Å². The molecule has 0 aliphatic rings. The van der Waals surface area contributed by atoms with Crippen LogP contribution in [-0.4, -0.2) is 4.98 Å². The van der Waals surface area contributed by atoms with Gasteiger partial charge in [-0.1, -0.05) is 15.9 Å². The van der Waals surface area contributed by atoms with Crippen LogP contribution < -0.4 is 0 Å². The molecule has 0 N–H and O–H groups in total. The van der Waals surface area contributed by atoms with E-state index in [9.17, 15) is 8.78 Å². The minimum Gasteiger partial charge on any atom is -0.239 e. The lowest BCUT2D eigenvalue weighted by molar-refractivity contribution is 0.145. The van der Waals surface area contributed by atoms with Gasteiger partial charge in [-0.2, -0.15) is 5.26 Å². The SMILES string of the molecule is N#Cc1cc(CBr)c(I)nc1C(F)F. The fraction of sp³-hybridized carbons (Fsp3) is 0.250. The molecule has 0 aliphatic heterocycles. The van der Waals surface area contributed by atoms with Crippen molar-refractivity contribution in [3.05, 3.63) is 26.6 Å². The van der Waals surface area contributed by atoms with E-state index in [4.69, 9.17) is 5.26 Å². The molecule has 0 spiro atoms. The maximum absolute atomic E-state index is 12.4. The topological polar surface area (TPSA) is 36.7 Å². The van der Waals surface area contributed by atoms with Gasteiger partial charge in [0.05, 0.1) is 5.56 Å². The van der Waals surface area contributed by atoms with Crippen LogP contribution in [0.2, 0.25) is 0 Å². The fourth-order valence-electron chi connectivity index (χ4n) is 0.895. The molecule has 0 fully saturated rings. The smallest absolute Gasteiger partial charge is 0.239 e. The number of hydrogen-bond donors (Lipinski definition) is 0. The molecule has 0 saturated carbocycles. The van der Waals surface area contributed by atoms with Crippen molar-refractivity contribution in [2.45, 2.75) is 11.8 Å². The van der Waals surface area contributed by atoms with E-state index >= 15 is 0 Å². The lowest BCUT2D eigenvalue weighted by Gasteiger charge is -2.05. The van der Waals surface area contributed by atoms with Crippen molar-refractivity contribution in [2.24, 2.45) is 0 Å². The summed E-state index contributed by atoms with van der Waals surface area (Å²) >= 11 is 5.06. The van der Waals surface area contributed by atoms with Gasteiger partial charge in [0.2, 0.25) is 0 Å². The van der Waals surface area contributed by atoms with Crippen LogP contribution in [0.15, 0.2) is 6.07 Å². The van der Waals surface area contributed by atoms with Crippen LogP contribution in [0, 0.1) is 15.0 Å². The molecule has 74 valence electrons. The number of alkyl halides is 3. The molecular weight excluding hydrogens is 369 g/mol. The highest BCUT2D eigenvalue weighted by Gasteiger charge is 2.17. The number of pyridine rings is 1. The first-order valence-electron chi connectivity index (χ1n) is 3.53. The van der Waals surface area contributed by atoms with Gasteiger partial charge in [-0.05, 0) is 34.2 Å². The van der Waals surface area contributed by atoms with E-state index < -0.39 is 12.1 Å². The average molecular weight is 373 g/mol. The van der Waals surface area contributed by atoms with Crippen molar-refractivity contribution in [1.29, 1.82) is 5.26 Å². The highest BCUT2D eigenvalue weighted by Crippen LogP contribution is 2.24. The Labute approximate surface area is 102 Å². The molecule has 0 radical (unpaired) electrons. The molecule has 2 nitrogen and oxygen atoms in total. The van der Waals surface area contributed by atoms with Crippen LogP contribution in [0.25, 0.3) is 0 Å². The molecule has 0 saturated heterocycles. The number of nitriles is 1. The summed E-state index contributed by atoms with van der Waals surface area (Å²) < 4.78 is 25.3. The quantitative estimate of drug-likeness (QED) is 0.453. The molecule has 1 aromatic heterocycles. The first-order chi connectivity index (χ1) is 6.60. The van der Waals surface area contributed by atoms with Gasteiger partial charge in [0.1, 0.15) is 15.5 Å². The van der Waals surface area contributed by atoms with Gasteiger partial charge in [-0.15, -0.1) is 0 Å². The molecule has 1 rings (SSSR count). The molecule has 1 heterocycles. The zero-order chi connectivity index (χ0) is 10.7. The number of halogens is 4. The summed E-state index contributed by atoms with van der Waals surface area (Å²) in [5.41, 5.74) is 0.239. The third kappa shape index (κ3) is 2.39. The Balaban J connectivity index is 3.33. The molecule has 1 aromatic rings. The second-order valence-electron chi connectivity index (χ2n) is 2.42. The second kappa shape index (κ2) is 4.98. The Kier molecular flexibility index (Phi) is 4.19. The fourth-order valence-corrected chi connectivity index (χ4v) is 2.45. The predicted molar refractivity (Wildman–Crippen MR) is 59.3 cm³/mol. The van der Waals surface area contributed by atoms with Crippen LogP contribution in [-0.2, 0) is 5.33 Å². The minimum absolute atomic E-state index is 0.0603. The van der Waals surface area contributed by atoms with Crippen molar-refractivity contribution in [2.75, 3.05) is 0 Å². The van der Waals surface area contributed by atoms with Gasteiger partial charge in [0, 0.05) is 5.33 Å². The number of aromatic nitrogens is 1. The van der Waals surface area contributed by atoms with Crippen molar-refractivity contribution >= 4 is 38.5 Å². The number of hydrogen-bond acceptors (Lipinski definition) is 2. The Bertz CT molecular complexity index is 390. The molecule has 0 bridgehead atoms. The Hall–Kier alpha value is -0.290. The second-order valence-corrected chi connectivity index (χ2v) is 4.00. The van der Waals surface area contributed by atoms with Crippen molar-refractivity contribution in [3.8, 4) is 6.07 Å². The summed E-state index contributed by atoms with van der Waals surface area (Å²) in [5, 5.41) is 9.13. The van der Waals surface area contributed by atoms with Crippen molar-refractivity contribution < 1.29 is 8.78 Å². The lowest BCUT2D eigenvalue weighted by atomic mass is 10.1. The highest BCUT2D eigenvalue weighted by molar-refractivity contribution is 14.1. The van der Waals surface area contributed by atoms with Crippen LogP contribution >= 0.6 is 38.5 Å². The highest BCUT2D eigenvalue weighted by atomic mass is 127.